The molecule has 0 amide bonds. The smallest absolute Gasteiger partial charge is 0.347 e. The molecule has 0 saturated carbocycles. The first-order chi connectivity index (χ1) is 11.3. The van der Waals surface area contributed by atoms with E-state index in [0.29, 0.717) is 0 Å². The Bertz CT molecular complexity index is 792. The number of thiophene rings is 1. The van der Waals surface area contributed by atoms with E-state index in [1.54, 1.807) is 7.11 Å². The molecule has 3 rings (SSSR count). The molecule has 1 N–H and O–H groups in total. The second-order valence-electron chi connectivity index (χ2n) is 4.60. The van der Waals surface area contributed by atoms with Crippen molar-refractivity contribution in [2.45, 2.75) is 12.0 Å². The summed E-state index contributed by atoms with van der Waals surface area (Å²) in [6.45, 7) is 0. The van der Waals surface area contributed by atoms with Gasteiger partial charge in [0.15, 0.2) is 0 Å². The first-order valence-electron chi connectivity index (χ1n) is 6.52. The molecule has 0 unspecified atom stereocenters. The highest BCUT2D eigenvalue weighted by Crippen LogP contribution is 2.23. The molecule has 1 aromatic heterocycles. The summed E-state index contributed by atoms with van der Waals surface area (Å²) in [7, 11) is -2.43. The Kier molecular flexibility index (Phi) is 6.38. The molecule has 1 aliphatic rings. The summed E-state index contributed by atoms with van der Waals surface area (Å²) < 4.78 is 32.4. The minimum atomic E-state index is -4.07. The number of thiol groups is 1. The van der Waals surface area contributed by atoms with Crippen molar-refractivity contribution in [2.75, 3.05) is 7.11 Å². The molecule has 1 aromatic carbocycles. The second kappa shape index (κ2) is 8.10. The Morgan fingerprint density at radius 2 is 1.92 bits per heavy atom. The maximum atomic E-state index is 11.3. The molecule has 2 aromatic rings. The molecular formula is C14H14O7S3. The van der Waals surface area contributed by atoms with Crippen LogP contribution in [0.2, 0.25) is 0 Å². The van der Waals surface area contributed by atoms with Gasteiger partial charge in [0.25, 0.3) is 0 Å². The molecule has 1 aliphatic heterocycles. The highest BCUT2D eigenvalue weighted by Gasteiger charge is 2.39. The molecule has 0 radical (unpaired) electrons. The first kappa shape index (κ1) is 18.9. The van der Waals surface area contributed by atoms with Gasteiger partial charge in [-0.2, -0.15) is 18.2 Å². The van der Waals surface area contributed by atoms with Crippen LogP contribution in [-0.2, 0) is 26.3 Å². The number of carbonyl (C=O) groups excluding carboxylic acids is 1. The maximum Gasteiger partial charge on any atom is 0.347 e. The van der Waals surface area contributed by atoms with Crippen LogP contribution in [0.4, 0.5) is 0 Å². The van der Waals surface area contributed by atoms with Gasteiger partial charge in [-0.05, 0) is 41.1 Å². The van der Waals surface area contributed by atoms with E-state index in [1.165, 1.54) is 11.3 Å². The number of benzene rings is 1. The molecule has 130 valence electrons. The van der Waals surface area contributed by atoms with Crippen molar-refractivity contribution in [1.29, 1.82) is 0 Å². The van der Waals surface area contributed by atoms with Crippen molar-refractivity contribution in [1.82, 2.24) is 0 Å². The van der Waals surface area contributed by atoms with Crippen LogP contribution in [0.15, 0.2) is 35.7 Å². The van der Waals surface area contributed by atoms with E-state index in [2.05, 4.69) is 22.4 Å². The highest BCUT2D eigenvalue weighted by atomic mass is 32.2. The van der Waals surface area contributed by atoms with Crippen LogP contribution in [-0.4, -0.2) is 30.8 Å². The molecule has 10 heteroatoms. The molecule has 1 saturated heterocycles. The van der Waals surface area contributed by atoms with Gasteiger partial charge < -0.3 is 4.74 Å². The van der Waals surface area contributed by atoms with Gasteiger partial charge in [-0.3, -0.25) is 9.35 Å². The Labute approximate surface area is 148 Å². The molecule has 0 aliphatic carbocycles. The van der Waals surface area contributed by atoms with Crippen LogP contribution in [0.3, 0.4) is 0 Å². The fourth-order valence-corrected chi connectivity index (χ4v) is 3.05. The Morgan fingerprint density at radius 1 is 1.29 bits per heavy atom. The molecule has 1 fully saturated rings. The van der Waals surface area contributed by atoms with E-state index in [-0.39, 0.29) is 5.12 Å². The standard InChI is InChI=1S/C13H12O2S2.CH2O5S/c1-15-11-4-2-9(3-5-11)8-10-6-7-17-12(10)13(14)16;2-7(3,4)1-5-6-1/h2-7H,8H2,1H3,(H,14,16);1H,(H,2,3,4). The molecule has 0 bridgehead atoms. The third kappa shape index (κ3) is 5.58. The second-order valence-corrected chi connectivity index (χ2v) is 7.34. The number of carbonyl (C=O) groups is 1. The summed E-state index contributed by atoms with van der Waals surface area (Å²) in [5.74, 6) is 0.838. The molecule has 2 heterocycles. The summed E-state index contributed by atoms with van der Waals surface area (Å²) in [5.41, 5.74) is 0.757. The summed E-state index contributed by atoms with van der Waals surface area (Å²) >= 11 is 5.31. The van der Waals surface area contributed by atoms with Crippen LogP contribution in [0.5, 0.6) is 5.75 Å². The fourth-order valence-electron chi connectivity index (χ4n) is 1.75. The Balaban J connectivity index is 0.000000249. The SMILES string of the molecule is COc1ccc(Cc2ccsc2C(=O)S)cc1.O=S(=O)(O)C1OO1. The lowest BCUT2D eigenvalue weighted by Crippen LogP contribution is -2.03. The normalized spacial score (nSPS) is 13.8. The van der Waals surface area contributed by atoms with E-state index < -0.39 is 15.7 Å². The van der Waals surface area contributed by atoms with Crippen molar-refractivity contribution in [2.24, 2.45) is 0 Å². The number of ether oxygens (including phenoxy) is 1. The lowest BCUT2D eigenvalue weighted by Gasteiger charge is -2.03. The topological polar surface area (TPSA) is 106 Å². The Morgan fingerprint density at radius 3 is 2.33 bits per heavy atom. The maximum absolute atomic E-state index is 11.3. The zero-order valence-corrected chi connectivity index (χ0v) is 14.9. The van der Waals surface area contributed by atoms with E-state index in [9.17, 15) is 13.2 Å². The van der Waals surface area contributed by atoms with Gasteiger partial charge in [0.05, 0.1) is 12.0 Å². The summed E-state index contributed by atoms with van der Waals surface area (Å²) in [6, 6.07) is 9.82. The zero-order chi connectivity index (χ0) is 17.7. The number of hydrogen-bond acceptors (Lipinski definition) is 7. The third-order valence-electron chi connectivity index (χ3n) is 2.91. The summed E-state index contributed by atoms with van der Waals surface area (Å²) in [5, 5.41) is 1.76. The van der Waals surface area contributed by atoms with Gasteiger partial charge in [0, 0.05) is 0 Å². The minimum absolute atomic E-state index is 0.163. The van der Waals surface area contributed by atoms with E-state index >= 15 is 0 Å². The van der Waals surface area contributed by atoms with Crippen LogP contribution in [0.25, 0.3) is 0 Å². The van der Waals surface area contributed by atoms with Crippen molar-refractivity contribution in [3.8, 4) is 5.75 Å². The zero-order valence-electron chi connectivity index (χ0n) is 12.4. The number of rotatable bonds is 5. The minimum Gasteiger partial charge on any atom is -0.497 e. The quantitative estimate of drug-likeness (QED) is 0.350. The largest absolute Gasteiger partial charge is 0.497 e. The predicted octanol–water partition coefficient (Wildman–Crippen LogP) is 2.54. The van der Waals surface area contributed by atoms with E-state index in [0.717, 1.165) is 28.2 Å². The van der Waals surface area contributed by atoms with Crippen molar-refractivity contribution in [3.05, 3.63) is 51.7 Å². The highest BCUT2D eigenvalue weighted by molar-refractivity contribution is 7.97. The molecule has 0 spiro atoms. The summed E-state index contributed by atoms with van der Waals surface area (Å²) in [4.78, 5) is 19.5. The monoisotopic (exact) mass is 390 g/mol. The third-order valence-corrected chi connectivity index (χ3v) is 4.89. The van der Waals surface area contributed by atoms with Gasteiger partial charge in [0.2, 0.25) is 5.12 Å². The average Bonchev–Trinajstić information content (AvgIpc) is 3.29. The Hall–Kier alpha value is -1.43. The number of hydrogen-bond donors (Lipinski definition) is 2. The van der Waals surface area contributed by atoms with E-state index in [4.69, 9.17) is 9.29 Å². The van der Waals surface area contributed by atoms with Gasteiger partial charge in [-0.25, -0.2) is 0 Å². The van der Waals surface area contributed by atoms with Crippen molar-refractivity contribution in [3.63, 3.8) is 0 Å². The van der Waals surface area contributed by atoms with Gasteiger partial charge in [-0.1, -0.05) is 24.8 Å². The van der Waals surface area contributed by atoms with Gasteiger partial charge in [0.1, 0.15) is 5.75 Å². The molecular weight excluding hydrogens is 376 g/mol. The lowest BCUT2D eigenvalue weighted by molar-refractivity contribution is 0.0850. The molecule has 24 heavy (non-hydrogen) atoms. The van der Waals surface area contributed by atoms with Crippen LogP contribution in [0, 0.1) is 0 Å². The van der Waals surface area contributed by atoms with Crippen LogP contribution < -0.4 is 4.74 Å². The van der Waals surface area contributed by atoms with Gasteiger partial charge in [-0.15, -0.1) is 11.3 Å². The van der Waals surface area contributed by atoms with Crippen LogP contribution in [0.1, 0.15) is 20.8 Å². The van der Waals surface area contributed by atoms with E-state index in [1.807, 2.05) is 35.7 Å². The predicted molar refractivity (Wildman–Crippen MR) is 90.9 cm³/mol. The first-order valence-corrected chi connectivity index (χ1v) is 9.35. The van der Waals surface area contributed by atoms with Crippen molar-refractivity contribution < 1.29 is 32.3 Å². The van der Waals surface area contributed by atoms with Gasteiger partial charge >= 0.3 is 15.7 Å². The van der Waals surface area contributed by atoms with Crippen molar-refractivity contribution >= 4 is 39.2 Å². The molecule has 0 atom stereocenters. The fraction of sp³-hybridized carbons (Fsp3) is 0.214. The van der Waals surface area contributed by atoms with Crippen LogP contribution >= 0.6 is 24.0 Å². The average molecular weight is 390 g/mol. The lowest BCUT2D eigenvalue weighted by atomic mass is 10.1. The molecule has 7 nitrogen and oxygen atoms in total. The summed E-state index contributed by atoms with van der Waals surface area (Å²) in [6.07, 6.45) is 0.745. The number of methoxy groups -OCH3 is 1.